The van der Waals surface area contributed by atoms with Crippen molar-refractivity contribution in [2.45, 2.75) is 91.0 Å². The maximum absolute atomic E-state index is 13.9. The number of rotatable bonds is 4. The van der Waals surface area contributed by atoms with Crippen LogP contribution in [-0.2, 0) is 4.79 Å². The molecule has 1 N–H and O–H groups in total. The molecule has 2 aliphatic rings. The van der Waals surface area contributed by atoms with E-state index in [1.54, 1.807) is 11.0 Å². The van der Waals surface area contributed by atoms with Crippen LogP contribution in [0.4, 0.5) is 14.5 Å². The SMILES string of the molecule is CC(C)(C)C#Cc1cc(N(C(=O)[C@H]2CC[C@H](C)CC2)C2CCC(F)(F)CC2)c(C(=O)O)s1. The molecule has 2 saturated carbocycles. The number of carbonyl (C=O) groups is 2. The van der Waals surface area contributed by atoms with Gasteiger partial charge in [0.15, 0.2) is 0 Å². The lowest BCUT2D eigenvalue weighted by Crippen LogP contribution is -2.47. The van der Waals surface area contributed by atoms with Crippen molar-refractivity contribution >= 4 is 28.9 Å². The first-order chi connectivity index (χ1) is 14.9. The van der Waals surface area contributed by atoms with Gasteiger partial charge in [-0.25, -0.2) is 13.6 Å². The maximum atomic E-state index is 13.9. The second-order valence-corrected chi connectivity index (χ2v) is 11.4. The second-order valence-electron chi connectivity index (χ2n) is 10.4. The van der Waals surface area contributed by atoms with E-state index < -0.39 is 17.9 Å². The van der Waals surface area contributed by atoms with Crippen LogP contribution in [0.25, 0.3) is 0 Å². The van der Waals surface area contributed by atoms with E-state index in [0.717, 1.165) is 37.0 Å². The molecule has 1 heterocycles. The van der Waals surface area contributed by atoms with Gasteiger partial charge < -0.3 is 10.0 Å². The molecule has 3 rings (SSSR count). The second kappa shape index (κ2) is 9.51. The number of halogens is 2. The first kappa shape index (κ1) is 24.7. The van der Waals surface area contributed by atoms with Gasteiger partial charge in [-0.1, -0.05) is 18.8 Å². The van der Waals surface area contributed by atoms with Gasteiger partial charge >= 0.3 is 5.97 Å². The third kappa shape index (κ3) is 6.10. The van der Waals surface area contributed by atoms with Crippen LogP contribution in [0.2, 0.25) is 0 Å². The Hall–Kier alpha value is -1.94. The largest absolute Gasteiger partial charge is 0.477 e. The Morgan fingerprint density at radius 3 is 2.25 bits per heavy atom. The molecule has 1 amide bonds. The summed E-state index contributed by atoms with van der Waals surface area (Å²) in [5.74, 6) is 2.56. The quantitative estimate of drug-likeness (QED) is 0.511. The van der Waals surface area contributed by atoms with Crippen LogP contribution < -0.4 is 4.90 Å². The van der Waals surface area contributed by atoms with Gasteiger partial charge in [0, 0.05) is 30.2 Å². The molecular formula is C25H33F2NO3S. The lowest BCUT2D eigenvalue weighted by Gasteiger charge is -2.39. The minimum Gasteiger partial charge on any atom is -0.477 e. The number of carbonyl (C=O) groups excluding carboxylic acids is 1. The van der Waals surface area contributed by atoms with Crippen LogP contribution in [-0.4, -0.2) is 28.9 Å². The minimum atomic E-state index is -2.72. The maximum Gasteiger partial charge on any atom is 0.348 e. The van der Waals surface area contributed by atoms with Gasteiger partial charge in [0.2, 0.25) is 11.8 Å². The Bertz CT molecular complexity index is 904. The van der Waals surface area contributed by atoms with E-state index in [1.165, 1.54) is 0 Å². The van der Waals surface area contributed by atoms with E-state index in [9.17, 15) is 23.5 Å². The first-order valence-electron chi connectivity index (χ1n) is 11.5. The van der Waals surface area contributed by atoms with Gasteiger partial charge in [-0.15, -0.1) is 11.3 Å². The predicted molar refractivity (Wildman–Crippen MR) is 123 cm³/mol. The number of carboxylic acids is 1. The number of hydrogen-bond donors (Lipinski definition) is 1. The van der Waals surface area contributed by atoms with E-state index >= 15 is 0 Å². The average molecular weight is 466 g/mol. The van der Waals surface area contributed by atoms with Crippen LogP contribution in [0.1, 0.15) is 93.6 Å². The highest BCUT2D eigenvalue weighted by Gasteiger charge is 2.41. The molecule has 2 fully saturated rings. The van der Waals surface area contributed by atoms with Crippen LogP contribution in [0.15, 0.2) is 6.07 Å². The zero-order valence-electron chi connectivity index (χ0n) is 19.3. The standard InChI is InChI=1S/C25H33F2NO3S/c1-16-5-7-17(8-6-16)22(29)28(18-9-13-25(26,27)14-10-18)20-15-19(11-12-24(2,3)4)32-21(20)23(30)31/h15-18H,5-10,13-14H2,1-4H3,(H,30,31)/t16-,17-. The third-order valence-electron chi connectivity index (χ3n) is 6.38. The van der Waals surface area contributed by atoms with Crippen molar-refractivity contribution in [2.24, 2.45) is 17.3 Å². The molecule has 32 heavy (non-hydrogen) atoms. The summed E-state index contributed by atoms with van der Waals surface area (Å²) in [6, 6.07) is 1.25. The summed E-state index contributed by atoms with van der Waals surface area (Å²) in [5.41, 5.74) is 0.0658. The molecule has 2 aliphatic carbocycles. The molecule has 0 spiro atoms. The fourth-order valence-electron chi connectivity index (χ4n) is 4.51. The fraction of sp³-hybridized carbons (Fsp3) is 0.680. The summed E-state index contributed by atoms with van der Waals surface area (Å²) < 4.78 is 27.7. The van der Waals surface area contributed by atoms with Crippen molar-refractivity contribution in [3.05, 3.63) is 15.8 Å². The Labute approximate surface area is 193 Å². The summed E-state index contributed by atoms with van der Waals surface area (Å²) in [6.07, 6.45) is 3.17. The van der Waals surface area contributed by atoms with E-state index in [1.807, 2.05) is 20.8 Å². The summed E-state index contributed by atoms with van der Waals surface area (Å²) in [7, 11) is 0. The number of thiophene rings is 1. The molecule has 0 saturated heterocycles. The molecule has 0 radical (unpaired) electrons. The molecule has 0 aromatic carbocycles. The van der Waals surface area contributed by atoms with E-state index in [2.05, 4.69) is 18.8 Å². The number of nitrogens with zero attached hydrogens (tertiary/aromatic N) is 1. The Morgan fingerprint density at radius 1 is 1.12 bits per heavy atom. The van der Waals surface area contributed by atoms with Crippen molar-refractivity contribution in [1.82, 2.24) is 0 Å². The van der Waals surface area contributed by atoms with Gasteiger partial charge in [0.05, 0.1) is 10.6 Å². The van der Waals surface area contributed by atoms with Gasteiger partial charge in [0.25, 0.3) is 0 Å². The third-order valence-corrected chi connectivity index (χ3v) is 7.41. The van der Waals surface area contributed by atoms with Gasteiger partial charge in [-0.3, -0.25) is 4.79 Å². The van der Waals surface area contributed by atoms with Crippen molar-refractivity contribution in [1.29, 1.82) is 0 Å². The monoisotopic (exact) mass is 465 g/mol. The highest BCUT2D eigenvalue weighted by atomic mass is 32.1. The first-order valence-corrected chi connectivity index (χ1v) is 12.3. The Morgan fingerprint density at radius 2 is 1.72 bits per heavy atom. The molecule has 1 aromatic heterocycles. The highest BCUT2D eigenvalue weighted by molar-refractivity contribution is 7.15. The van der Waals surface area contributed by atoms with Crippen LogP contribution in [0, 0.1) is 29.1 Å². The lowest BCUT2D eigenvalue weighted by atomic mass is 9.81. The van der Waals surface area contributed by atoms with Crippen molar-refractivity contribution in [2.75, 3.05) is 4.90 Å². The van der Waals surface area contributed by atoms with Gasteiger partial charge in [-0.2, -0.15) is 0 Å². The summed E-state index contributed by atoms with van der Waals surface area (Å²) in [6.45, 7) is 8.07. The highest BCUT2D eigenvalue weighted by Crippen LogP contribution is 2.41. The average Bonchev–Trinajstić information content (AvgIpc) is 3.12. The number of aromatic carboxylic acids is 1. The number of carboxylic acid groups (broad SMARTS) is 1. The van der Waals surface area contributed by atoms with Crippen LogP contribution in [0.5, 0.6) is 0 Å². The van der Waals surface area contributed by atoms with E-state index in [4.69, 9.17) is 0 Å². The molecule has 4 nitrogen and oxygen atoms in total. The fourth-order valence-corrected chi connectivity index (χ4v) is 5.35. The lowest BCUT2D eigenvalue weighted by molar-refractivity contribution is -0.124. The van der Waals surface area contributed by atoms with Crippen LogP contribution >= 0.6 is 11.3 Å². The van der Waals surface area contributed by atoms with Crippen molar-refractivity contribution < 1.29 is 23.5 Å². The van der Waals surface area contributed by atoms with Gasteiger partial charge in [0.1, 0.15) is 4.88 Å². The Kier molecular flexibility index (Phi) is 7.34. The van der Waals surface area contributed by atoms with E-state index in [0.29, 0.717) is 16.5 Å². The summed E-state index contributed by atoms with van der Waals surface area (Å²) in [4.78, 5) is 27.9. The topological polar surface area (TPSA) is 57.6 Å². The molecular weight excluding hydrogens is 432 g/mol. The molecule has 0 aliphatic heterocycles. The Balaban J connectivity index is 2.00. The molecule has 176 valence electrons. The van der Waals surface area contributed by atoms with Crippen molar-refractivity contribution in [3.63, 3.8) is 0 Å². The smallest absolute Gasteiger partial charge is 0.348 e. The predicted octanol–water partition coefficient (Wildman–Crippen LogP) is 6.58. The molecule has 1 aromatic rings. The van der Waals surface area contributed by atoms with E-state index in [-0.39, 0.29) is 47.8 Å². The minimum absolute atomic E-state index is 0.0538. The van der Waals surface area contributed by atoms with Crippen LogP contribution in [0.3, 0.4) is 0 Å². The summed E-state index contributed by atoms with van der Waals surface area (Å²) >= 11 is 1.05. The molecule has 0 unspecified atom stereocenters. The number of anilines is 1. The molecule has 7 heteroatoms. The van der Waals surface area contributed by atoms with Gasteiger partial charge in [-0.05, 0) is 71.3 Å². The zero-order chi connectivity index (χ0) is 23.7. The zero-order valence-corrected chi connectivity index (χ0v) is 20.2. The normalized spacial score (nSPS) is 23.8. The number of amides is 1. The van der Waals surface area contributed by atoms with Crippen molar-refractivity contribution in [3.8, 4) is 11.8 Å². The molecule has 0 atom stereocenters. The number of hydrogen-bond acceptors (Lipinski definition) is 3. The molecule has 0 bridgehead atoms. The summed E-state index contributed by atoms with van der Waals surface area (Å²) in [5, 5.41) is 9.87. The number of alkyl halides is 2.